The number of fused-ring (bicyclic) bond motifs is 1. The Balaban J connectivity index is 1.21. The maximum Gasteiger partial charge on any atom is 0.154 e. The Morgan fingerprint density at radius 3 is 2.82 bits per heavy atom. The van der Waals surface area contributed by atoms with Crippen LogP contribution in [0.25, 0.3) is 10.9 Å². The molecular weight excluding hydrogens is 350 g/mol. The van der Waals surface area contributed by atoms with E-state index in [2.05, 4.69) is 61.1 Å². The third kappa shape index (κ3) is 3.33. The molecule has 0 saturated carbocycles. The molecule has 7 heteroatoms. The summed E-state index contributed by atoms with van der Waals surface area (Å²) in [5, 5.41) is 14.5. The number of benzene rings is 1. The molecule has 4 heterocycles. The average Bonchev–Trinajstić information content (AvgIpc) is 3.45. The van der Waals surface area contributed by atoms with E-state index < -0.39 is 0 Å². The summed E-state index contributed by atoms with van der Waals surface area (Å²) in [4.78, 5) is 5.81. The van der Waals surface area contributed by atoms with Crippen molar-refractivity contribution in [2.24, 2.45) is 7.05 Å². The zero-order chi connectivity index (χ0) is 18.9. The van der Waals surface area contributed by atoms with E-state index in [-0.39, 0.29) is 0 Å². The van der Waals surface area contributed by atoms with Gasteiger partial charge in [0, 0.05) is 43.6 Å². The van der Waals surface area contributed by atoms with Gasteiger partial charge in [-0.3, -0.25) is 9.58 Å². The first-order chi connectivity index (χ1) is 13.8. The number of piperidine rings is 1. The van der Waals surface area contributed by atoms with Crippen LogP contribution in [0.2, 0.25) is 0 Å². The molecule has 1 aromatic carbocycles. The molecule has 5 rings (SSSR count). The number of aromatic nitrogens is 6. The van der Waals surface area contributed by atoms with Crippen molar-refractivity contribution in [2.75, 3.05) is 13.1 Å². The minimum atomic E-state index is 0.479. The van der Waals surface area contributed by atoms with Gasteiger partial charge in [-0.1, -0.05) is 6.07 Å². The van der Waals surface area contributed by atoms with Crippen molar-refractivity contribution in [3.05, 3.63) is 66.1 Å². The van der Waals surface area contributed by atoms with Crippen LogP contribution in [-0.2, 0) is 20.1 Å². The van der Waals surface area contributed by atoms with Gasteiger partial charge in [-0.15, -0.1) is 10.2 Å². The minimum Gasteiger partial charge on any atom is -0.361 e. The second kappa shape index (κ2) is 7.24. The topological polar surface area (TPSA) is 67.6 Å². The second-order valence-electron chi connectivity index (χ2n) is 7.69. The van der Waals surface area contributed by atoms with Crippen LogP contribution in [0.1, 0.15) is 36.0 Å². The minimum absolute atomic E-state index is 0.479. The summed E-state index contributed by atoms with van der Waals surface area (Å²) in [7, 11) is 2.08. The summed E-state index contributed by atoms with van der Waals surface area (Å²) in [5.74, 6) is 2.55. The van der Waals surface area contributed by atoms with E-state index in [9.17, 15) is 0 Å². The quantitative estimate of drug-likeness (QED) is 0.582. The maximum atomic E-state index is 4.51. The van der Waals surface area contributed by atoms with Crippen molar-refractivity contribution in [2.45, 2.75) is 31.8 Å². The summed E-state index contributed by atoms with van der Waals surface area (Å²) in [5.41, 5.74) is 2.58. The van der Waals surface area contributed by atoms with Crippen molar-refractivity contribution in [3.63, 3.8) is 0 Å². The van der Waals surface area contributed by atoms with E-state index in [0.717, 1.165) is 44.1 Å². The standard InChI is InChI=1S/C21H25N7/c1-26-20(15-28-10-2-8-23-28)24-25-21(26)17-6-11-27(12-7-17)14-16-3-4-19-18(13-16)5-9-22-19/h2-5,8-10,13,17,22H,6-7,11-12,14-15H2,1H3. The third-order valence-corrected chi connectivity index (χ3v) is 5.84. The van der Waals surface area contributed by atoms with Crippen molar-refractivity contribution in [3.8, 4) is 0 Å². The van der Waals surface area contributed by atoms with Crippen LogP contribution < -0.4 is 0 Å². The highest BCUT2D eigenvalue weighted by Gasteiger charge is 2.25. The summed E-state index contributed by atoms with van der Waals surface area (Å²) >= 11 is 0. The molecule has 4 aromatic rings. The molecule has 1 saturated heterocycles. The normalized spacial score (nSPS) is 16.2. The third-order valence-electron chi connectivity index (χ3n) is 5.84. The van der Waals surface area contributed by atoms with Crippen LogP contribution >= 0.6 is 0 Å². The van der Waals surface area contributed by atoms with Crippen LogP contribution in [0.15, 0.2) is 48.9 Å². The molecule has 1 aliphatic heterocycles. The highest BCUT2D eigenvalue weighted by atomic mass is 15.3. The highest BCUT2D eigenvalue weighted by molar-refractivity contribution is 5.79. The summed E-state index contributed by atoms with van der Waals surface area (Å²) in [6, 6.07) is 10.8. The molecule has 0 amide bonds. The van der Waals surface area contributed by atoms with Gasteiger partial charge in [0.2, 0.25) is 0 Å². The van der Waals surface area contributed by atoms with Crippen LogP contribution in [-0.4, -0.2) is 47.5 Å². The number of H-pyrrole nitrogens is 1. The molecule has 28 heavy (non-hydrogen) atoms. The largest absolute Gasteiger partial charge is 0.361 e. The first-order valence-electron chi connectivity index (χ1n) is 9.90. The molecule has 0 bridgehead atoms. The van der Waals surface area contributed by atoms with Crippen LogP contribution in [0.5, 0.6) is 0 Å². The van der Waals surface area contributed by atoms with E-state index in [4.69, 9.17) is 0 Å². The van der Waals surface area contributed by atoms with Gasteiger partial charge < -0.3 is 9.55 Å². The fourth-order valence-corrected chi connectivity index (χ4v) is 4.22. The molecule has 1 N–H and O–H groups in total. The van der Waals surface area contributed by atoms with Gasteiger partial charge >= 0.3 is 0 Å². The van der Waals surface area contributed by atoms with Crippen molar-refractivity contribution < 1.29 is 0 Å². The molecule has 7 nitrogen and oxygen atoms in total. The van der Waals surface area contributed by atoms with Gasteiger partial charge in [-0.2, -0.15) is 5.10 Å². The lowest BCUT2D eigenvalue weighted by molar-refractivity contribution is 0.200. The van der Waals surface area contributed by atoms with Crippen LogP contribution in [0, 0.1) is 0 Å². The van der Waals surface area contributed by atoms with Crippen molar-refractivity contribution >= 4 is 10.9 Å². The monoisotopic (exact) mass is 375 g/mol. The summed E-state index contributed by atoms with van der Waals surface area (Å²) < 4.78 is 4.04. The van der Waals surface area contributed by atoms with Gasteiger partial charge in [0.15, 0.2) is 5.82 Å². The van der Waals surface area contributed by atoms with E-state index in [0.29, 0.717) is 12.5 Å². The number of hydrogen-bond acceptors (Lipinski definition) is 4. The molecule has 144 valence electrons. The Bertz CT molecular complexity index is 1050. The van der Waals surface area contributed by atoms with Crippen LogP contribution in [0.4, 0.5) is 0 Å². The Labute approximate surface area is 164 Å². The van der Waals surface area contributed by atoms with Gasteiger partial charge in [-0.05, 0) is 61.1 Å². The van der Waals surface area contributed by atoms with E-state index in [1.165, 1.54) is 16.5 Å². The lowest BCUT2D eigenvalue weighted by Crippen LogP contribution is -2.33. The number of nitrogens with zero attached hydrogens (tertiary/aromatic N) is 6. The van der Waals surface area contributed by atoms with Gasteiger partial charge in [0.05, 0.1) is 0 Å². The molecule has 1 aliphatic rings. The second-order valence-corrected chi connectivity index (χ2v) is 7.69. The van der Waals surface area contributed by atoms with Gasteiger partial charge in [0.1, 0.15) is 12.4 Å². The summed E-state index contributed by atoms with van der Waals surface area (Å²) in [6.45, 7) is 3.86. The Morgan fingerprint density at radius 1 is 1.11 bits per heavy atom. The van der Waals surface area contributed by atoms with E-state index >= 15 is 0 Å². The predicted octanol–water partition coefficient (Wildman–Crippen LogP) is 2.92. The summed E-state index contributed by atoms with van der Waals surface area (Å²) in [6.07, 6.45) is 8.00. The molecule has 0 unspecified atom stereocenters. The van der Waals surface area contributed by atoms with Crippen molar-refractivity contribution in [1.29, 1.82) is 0 Å². The molecular formula is C21H25N7. The molecule has 3 aromatic heterocycles. The zero-order valence-electron chi connectivity index (χ0n) is 16.1. The van der Waals surface area contributed by atoms with Gasteiger partial charge in [0.25, 0.3) is 0 Å². The highest BCUT2D eigenvalue weighted by Crippen LogP contribution is 2.28. The Hall–Kier alpha value is -2.93. The number of rotatable bonds is 5. The molecule has 1 fully saturated rings. The Kier molecular flexibility index (Phi) is 4.44. The average molecular weight is 375 g/mol. The molecule has 0 atom stereocenters. The smallest absolute Gasteiger partial charge is 0.154 e. The van der Waals surface area contributed by atoms with E-state index in [1.54, 1.807) is 6.20 Å². The van der Waals surface area contributed by atoms with Crippen molar-refractivity contribution in [1.82, 2.24) is 34.4 Å². The number of likely N-dealkylation sites (tertiary alicyclic amines) is 1. The SMILES string of the molecule is Cn1c(Cn2cccn2)nnc1C1CCN(Cc2ccc3[nH]ccc3c2)CC1. The van der Waals surface area contributed by atoms with Gasteiger partial charge in [-0.25, -0.2) is 0 Å². The van der Waals surface area contributed by atoms with Crippen LogP contribution in [0.3, 0.4) is 0 Å². The zero-order valence-corrected chi connectivity index (χ0v) is 16.1. The first-order valence-corrected chi connectivity index (χ1v) is 9.90. The lowest BCUT2D eigenvalue weighted by atomic mass is 9.95. The molecule has 0 aliphatic carbocycles. The molecule has 0 radical (unpaired) electrons. The Morgan fingerprint density at radius 2 is 2.00 bits per heavy atom. The lowest BCUT2D eigenvalue weighted by Gasteiger charge is -2.31. The van der Waals surface area contributed by atoms with E-state index in [1.807, 2.05) is 23.1 Å². The fourth-order valence-electron chi connectivity index (χ4n) is 4.22. The predicted molar refractivity (Wildman–Crippen MR) is 108 cm³/mol. The number of nitrogens with one attached hydrogen (secondary N) is 1. The first kappa shape index (κ1) is 17.2. The number of aromatic amines is 1. The maximum absolute atomic E-state index is 4.51. The fraction of sp³-hybridized carbons (Fsp3) is 0.381. The molecule has 0 spiro atoms. The number of hydrogen-bond donors (Lipinski definition) is 1.